The largest absolute Gasteiger partial charge is 0.303 e. The van der Waals surface area contributed by atoms with Gasteiger partial charge in [-0.25, -0.2) is 4.68 Å². The molecule has 0 spiro atoms. The molecule has 4 nitrogen and oxygen atoms in total. The van der Waals surface area contributed by atoms with E-state index in [-0.39, 0.29) is 0 Å². The van der Waals surface area contributed by atoms with E-state index < -0.39 is 0 Å². The zero-order valence-electron chi connectivity index (χ0n) is 13.2. The predicted octanol–water partition coefficient (Wildman–Crippen LogP) is 4.33. The van der Waals surface area contributed by atoms with E-state index in [0.29, 0.717) is 19.3 Å². The molecule has 7 heteroatoms. The molecule has 4 rings (SSSR count). The average molecular weight is 375 g/mol. The molecule has 0 saturated heterocycles. The van der Waals surface area contributed by atoms with Crippen molar-refractivity contribution in [1.29, 1.82) is 0 Å². The monoisotopic (exact) mass is 374 g/mol. The molecule has 124 valence electrons. The number of fused-ring (bicyclic) bond motifs is 1. The fourth-order valence-corrected chi connectivity index (χ4v) is 5.21. The molecule has 1 aliphatic heterocycles. The fraction of sp³-hybridized carbons (Fsp3) is 0.294. The van der Waals surface area contributed by atoms with Crippen molar-refractivity contribution in [3.8, 4) is 0 Å². The van der Waals surface area contributed by atoms with E-state index in [1.165, 1.54) is 15.3 Å². The molecular weight excluding hydrogens is 356 g/mol. The highest BCUT2D eigenvalue weighted by molar-refractivity contribution is 7.71. The summed E-state index contributed by atoms with van der Waals surface area (Å²) in [4.78, 5) is 5.36. The molecule has 0 aromatic carbocycles. The van der Waals surface area contributed by atoms with Crippen LogP contribution < -0.4 is 0 Å². The molecule has 0 saturated carbocycles. The minimum absolute atomic E-state index is 0.298. The number of hydrogen-bond donors (Lipinski definition) is 0. The Hall–Kier alpha value is -1.54. The molecule has 0 unspecified atom stereocenters. The van der Waals surface area contributed by atoms with Gasteiger partial charge >= 0.3 is 0 Å². The molecule has 3 aromatic heterocycles. The Bertz CT molecular complexity index is 887. The first-order valence-electron chi connectivity index (χ1n) is 7.85. The summed E-state index contributed by atoms with van der Waals surface area (Å²) in [7, 11) is 0. The Balaban J connectivity index is 1.67. The van der Waals surface area contributed by atoms with E-state index in [0.717, 1.165) is 17.7 Å². The lowest BCUT2D eigenvalue weighted by Crippen LogP contribution is -2.36. The van der Waals surface area contributed by atoms with Crippen molar-refractivity contribution in [2.24, 2.45) is 0 Å². The Morgan fingerprint density at radius 3 is 3.04 bits per heavy atom. The van der Waals surface area contributed by atoms with Crippen LogP contribution in [-0.4, -0.2) is 25.8 Å². The Morgan fingerprint density at radius 1 is 1.33 bits per heavy atom. The van der Waals surface area contributed by atoms with Gasteiger partial charge in [0.2, 0.25) is 0 Å². The third-order valence-corrected chi connectivity index (χ3v) is 6.68. The van der Waals surface area contributed by atoms with Crippen molar-refractivity contribution in [2.75, 3.05) is 6.54 Å². The van der Waals surface area contributed by atoms with Crippen LogP contribution in [0.3, 0.4) is 0 Å². The second kappa shape index (κ2) is 6.76. The first kappa shape index (κ1) is 16.0. The maximum absolute atomic E-state index is 5.55. The summed E-state index contributed by atoms with van der Waals surface area (Å²) in [5, 5.41) is 8.84. The summed E-state index contributed by atoms with van der Waals surface area (Å²) in [6.07, 6.45) is 4.73. The second-order valence-corrected chi connectivity index (χ2v) is 8.12. The quantitative estimate of drug-likeness (QED) is 0.491. The summed E-state index contributed by atoms with van der Waals surface area (Å²) in [5.41, 5.74) is 1.44. The van der Waals surface area contributed by atoms with Crippen molar-refractivity contribution in [2.45, 2.75) is 25.7 Å². The predicted molar refractivity (Wildman–Crippen MR) is 102 cm³/mol. The average Bonchev–Trinajstić information content (AvgIpc) is 3.32. The summed E-state index contributed by atoms with van der Waals surface area (Å²) >= 11 is 9.24. The van der Waals surface area contributed by atoms with Gasteiger partial charge in [-0.1, -0.05) is 12.1 Å². The third-order valence-electron chi connectivity index (χ3n) is 4.32. The molecule has 0 amide bonds. The van der Waals surface area contributed by atoms with E-state index >= 15 is 0 Å². The van der Waals surface area contributed by atoms with Crippen LogP contribution in [0.2, 0.25) is 0 Å². The number of hydrogen-bond acceptors (Lipinski definition) is 5. The molecule has 0 fully saturated rings. The molecule has 0 N–H and O–H groups in total. The summed E-state index contributed by atoms with van der Waals surface area (Å²) < 4.78 is 4.61. The zero-order valence-corrected chi connectivity index (χ0v) is 15.6. The number of thiophene rings is 2. The van der Waals surface area contributed by atoms with Gasteiger partial charge in [0.1, 0.15) is 6.33 Å². The topological polar surface area (TPSA) is 26.0 Å². The minimum atomic E-state index is 0.298. The van der Waals surface area contributed by atoms with Crippen LogP contribution in [0, 0.1) is 4.77 Å². The van der Waals surface area contributed by atoms with Gasteiger partial charge < -0.3 is 4.57 Å². The lowest BCUT2D eigenvalue weighted by molar-refractivity contribution is 0.158. The van der Waals surface area contributed by atoms with E-state index in [1.54, 1.807) is 6.33 Å². The van der Waals surface area contributed by atoms with Gasteiger partial charge in [0.25, 0.3) is 0 Å². The van der Waals surface area contributed by atoms with Gasteiger partial charge in [-0.05, 0) is 47.1 Å². The lowest BCUT2D eigenvalue weighted by atomic mass is 9.99. The van der Waals surface area contributed by atoms with Gasteiger partial charge in [-0.3, -0.25) is 4.90 Å². The number of nitrogens with zero attached hydrogens (tertiary/aromatic N) is 4. The van der Waals surface area contributed by atoms with Crippen LogP contribution in [0.25, 0.3) is 0 Å². The molecule has 24 heavy (non-hydrogen) atoms. The molecule has 0 radical (unpaired) electrons. The zero-order chi connectivity index (χ0) is 16.5. The summed E-state index contributed by atoms with van der Waals surface area (Å²) in [5.74, 6) is 0. The standard InChI is InChI=1S/C17H18N4S3/c1-2-7-19-11-18-21(17(19)22)12-20-8-5-14-13(6-10-24-14)16(20)15-4-3-9-23-15/h2-4,6,9-11,16H,1,5,7-8,12H2/t16-/m1/s1. The maximum atomic E-state index is 5.55. The van der Waals surface area contributed by atoms with Gasteiger partial charge in [-0.15, -0.1) is 29.3 Å². The second-order valence-electron chi connectivity index (χ2n) is 5.77. The number of allylic oxidation sites excluding steroid dienone is 1. The normalized spacial score (nSPS) is 17.8. The highest BCUT2D eigenvalue weighted by atomic mass is 32.1. The van der Waals surface area contributed by atoms with E-state index in [2.05, 4.69) is 45.5 Å². The van der Waals surface area contributed by atoms with Gasteiger partial charge in [0, 0.05) is 22.8 Å². The van der Waals surface area contributed by atoms with E-state index in [4.69, 9.17) is 12.2 Å². The van der Waals surface area contributed by atoms with Crippen LogP contribution >= 0.6 is 34.9 Å². The van der Waals surface area contributed by atoms with E-state index in [9.17, 15) is 0 Å². The maximum Gasteiger partial charge on any atom is 0.199 e. The summed E-state index contributed by atoms with van der Waals surface area (Å²) in [6.45, 7) is 6.20. The molecule has 3 aromatic rings. The molecule has 0 bridgehead atoms. The highest BCUT2D eigenvalue weighted by Gasteiger charge is 2.30. The van der Waals surface area contributed by atoms with Gasteiger partial charge in [0.15, 0.2) is 4.77 Å². The van der Waals surface area contributed by atoms with E-state index in [1.807, 2.05) is 38.0 Å². The van der Waals surface area contributed by atoms with Crippen molar-refractivity contribution < 1.29 is 0 Å². The smallest absolute Gasteiger partial charge is 0.199 e. The third kappa shape index (κ3) is 2.82. The number of rotatable bonds is 5. The van der Waals surface area contributed by atoms with Crippen molar-refractivity contribution in [3.05, 3.63) is 68.0 Å². The Kier molecular flexibility index (Phi) is 4.49. The number of aromatic nitrogens is 3. The van der Waals surface area contributed by atoms with Gasteiger partial charge in [-0.2, -0.15) is 5.10 Å². The van der Waals surface area contributed by atoms with Crippen LogP contribution in [0.15, 0.2) is 47.9 Å². The SMILES string of the molecule is C=CCn1cnn(CN2CCc3sccc3[C@@H]2c2cccs2)c1=S. The first-order valence-corrected chi connectivity index (χ1v) is 10.0. The van der Waals surface area contributed by atoms with Crippen LogP contribution in [0.5, 0.6) is 0 Å². The van der Waals surface area contributed by atoms with Crippen LogP contribution in [0.1, 0.15) is 21.4 Å². The van der Waals surface area contributed by atoms with Crippen molar-refractivity contribution in [1.82, 2.24) is 19.2 Å². The van der Waals surface area contributed by atoms with Crippen molar-refractivity contribution >= 4 is 34.9 Å². The Labute approximate surface area is 154 Å². The van der Waals surface area contributed by atoms with Crippen molar-refractivity contribution in [3.63, 3.8) is 0 Å². The first-order chi connectivity index (χ1) is 11.8. The molecule has 0 aliphatic carbocycles. The molecule has 1 aliphatic rings. The van der Waals surface area contributed by atoms with Crippen LogP contribution in [-0.2, 0) is 19.6 Å². The molecule has 1 atom stereocenters. The minimum Gasteiger partial charge on any atom is -0.303 e. The lowest BCUT2D eigenvalue weighted by Gasteiger charge is -2.35. The Morgan fingerprint density at radius 2 is 2.25 bits per heavy atom. The highest BCUT2D eigenvalue weighted by Crippen LogP contribution is 2.39. The summed E-state index contributed by atoms with van der Waals surface area (Å²) in [6, 6.07) is 6.92. The fourth-order valence-electron chi connectivity index (χ4n) is 3.21. The molecular formula is C17H18N4S3. The molecule has 4 heterocycles. The van der Waals surface area contributed by atoms with Crippen LogP contribution in [0.4, 0.5) is 0 Å². The van der Waals surface area contributed by atoms with Gasteiger partial charge in [0.05, 0.1) is 12.7 Å².